The van der Waals surface area contributed by atoms with E-state index in [4.69, 9.17) is 4.74 Å². The number of methoxy groups -OCH3 is 1. The van der Waals surface area contributed by atoms with Gasteiger partial charge in [-0.15, -0.1) is 0 Å². The van der Waals surface area contributed by atoms with Gasteiger partial charge in [-0.25, -0.2) is 22.0 Å². The molecule has 0 radical (unpaired) electrons. The van der Waals surface area contributed by atoms with E-state index in [1.807, 2.05) is 0 Å². The van der Waals surface area contributed by atoms with Gasteiger partial charge in [-0.05, 0) is 0 Å². The van der Waals surface area contributed by atoms with Crippen LogP contribution < -0.4 is 0 Å². The van der Waals surface area contributed by atoms with Crippen molar-refractivity contribution in [1.82, 2.24) is 4.90 Å². The van der Waals surface area contributed by atoms with Gasteiger partial charge >= 0.3 is 5.97 Å². The second-order valence-electron chi connectivity index (χ2n) is 5.06. The number of hydrogen-bond acceptors (Lipinski definition) is 4. The first-order valence-electron chi connectivity index (χ1n) is 6.76. The summed E-state index contributed by atoms with van der Waals surface area (Å²) in [6, 6.07) is 0. The molecule has 1 aliphatic heterocycles. The number of nitrogens with zero attached hydrogens (tertiary/aromatic N) is 1. The maximum absolute atomic E-state index is 13.7. The summed E-state index contributed by atoms with van der Waals surface area (Å²) >= 11 is 0. The zero-order valence-electron chi connectivity index (χ0n) is 12.2. The van der Waals surface area contributed by atoms with Crippen molar-refractivity contribution in [2.45, 2.75) is 19.1 Å². The minimum Gasteiger partial charge on any atom is -0.469 e. The molecule has 23 heavy (non-hydrogen) atoms. The van der Waals surface area contributed by atoms with Crippen molar-refractivity contribution in [1.29, 1.82) is 0 Å². The molecular weight excluding hydrogens is 325 g/mol. The summed E-state index contributed by atoms with van der Waals surface area (Å²) < 4.78 is 76.5. The first-order valence-corrected chi connectivity index (χ1v) is 6.76. The summed E-state index contributed by atoms with van der Waals surface area (Å²) in [5.41, 5.74) is -0.903. The van der Waals surface area contributed by atoms with E-state index in [2.05, 4.69) is 4.74 Å². The van der Waals surface area contributed by atoms with Gasteiger partial charge in [0.05, 0.1) is 26.2 Å². The van der Waals surface area contributed by atoms with Crippen LogP contribution in [0.15, 0.2) is 0 Å². The number of esters is 1. The lowest BCUT2D eigenvalue weighted by Crippen LogP contribution is -2.43. The lowest BCUT2D eigenvalue weighted by molar-refractivity contribution is -0.145. The molecule has 4 nitrogen and oxygen atoms in total. The minimum absolute atomic E-state index is 0.0654. The summed E-state index contributed by atoms with van der Waals surface area (Å²) in [6.45, 7) is 0.0235. The van der Waals surface area contributed by atoms with Gasteiger partial charge in [0.2, 0.25) is 5.82 Å². The Bertz CT molecular complexity index is 582. The van der Waals surface area contributed by atoms with E-state index >= 15 is 0 Å². The molecule has 1 aromatic carbocycles. The topological polar surface area (TPSA) is 38.8 Å². The molecule has 1 aromatic rings. The van der Waals surface area contributed by atoms with Gasteiger partial charge in [0.25, 0.3) is 0 Å². The highest BCUT2D eigenvalue weighted by atomic mass is 19.2. The van der Waals surface area contributed by atoms with Gasteiger partial charge in [-0.3, -0.25) is 9.69 Å². The maximum atomic E-state index is 13.7. The van der Waals surface area contributed by atoms with Crippen molar-refractivity contribution >= 4 is 5.97 Å². The molecule has 0 saturated carbocycles. The summed E-state index contributed by atoms with van der Waals surface area (Å²) in [6.07, 6.45) is -0.637. The zero-order chi connectivity index (χ0) is 17.1. The highest BCUT2D eigenvalue weighted by molar-refractivity contribution is 5.69. The Kier molecular flexibility index (Phi) is 5.53. The van der Waals surface area contributed by atoms with Crippen LogP contribution in [0.2, 0.25) is 0 Å². The highest BCUT2D eigenvalue weighted by Gasteiger charge is 2.29. The molecule has 1 heterocycles. The summed E-state index contributed by atoms with van der Waals surface area (Å²) in [7, 11) is 1.21. The van der Waals surface area contributed by atoms with Crippen LogP contribution in [-0.4, -0.2) is 43.8 Å². The molecule has 9 heteroatoms. The summed E-state index contributed by atoms with van der Waals surface area (Å²) in [5, 5.41) is 0. The molecule has 1 fully saturated rings. The Morgan fingerprint density at radius 3 is 2.26 bits per heavy atom. The molecule has 0 N–H and O–H groups in total. The smallest absolute Gasteiger partial charge is 0.308 e. The molecule has 0 aromatic heterocycles. The Hall–Kier alpha value is -1.74. The molecule has 0 spiro atoms. The van der Waals surface area contributed by atoms with Crippen molar-refractivity contribution < 1.29 is 36.2 Å². The number of carbonyl (C=O) groups excluding carboxylic acids is 1. The maximum Gasteiger partial charge on any atom is 0.308 e. The van der Waals surface area contributed by atoms with E-state index < -0.39 is 53.3 Å². The number of halogens is 5. The number of hydrogen-bond donors (Lipinski definition) is 0. The van der Waals surface area contributed by atoms with E-state index in [9.17, 15) is 26.7 Å². The predicted molar refractivity (Wildman–Crippen MR) is 67.9 cm³/mol. The fourth-order valence-electron chi connectivity index (χ4n) is 2.33. The number of morpholine rings is 1. The van der Waals surface area contributed by atoms with E-state index in [1.165, 1.54) is 12.0 Å². The Balaban J connectivity index is 2.14. The van der Waals surface area contributed by atoms with Crippen LogP contribution in [-0.2, 0) is 20.8 Å². The lowest BCUT2D eigenvalue weighted by Gasteiger charge is -2.32. The average molecular weight is 339 g/mol. The Morgan fingerprint density at radius 1 is 1.13 bits per heavy atom. The zero-order valence-corrected chi connectivity index (χ0v) is 12.2. The second kappa shape index (κ2) is 7.22. The van der Waals surface area contributed by atoms with Gasteiger partial charge in [0.15, 0.2) is 23.3 Å². The van der Waals surface area contributed by atoms with Crippen molar-refractivity contribution in [3.05, 3.63) is 34.6 Å². The number of rotatable bonds is 4. The Labute approximate surface area is 128 Å². The van der Waals surface area contributed by atoms with Crippen molar-refractivity contribution in [3.8, 4) is 0 Å². The van der Waals surface area contributed by atoms with Crippen LogP contribution in [0.1, 0.15) is 12.0 Å². The summed E-state index contributed by atoms with van der Waals surface area (Å²) in [5.74, 6) is -10.4. The van der Waals surface area contributed by atoms with E-state index in [0.717, 1.165) is 0 Å². The van der Waals surface area contributed by atoms with Gasteiger partial charge < -0.3 is 9.47 Å². The number of benzene rings is 1. The van der Waals surface area contributed by atoms with Crippen molar-refractivity contribution in [3.63, 3.8) is 0 Å². The number of ether oxygens (including phenoxy) is 2. The van der Waals surface area contributed by atoms with Gasteiger partial charge in [-0.1, -0.05) is 0 Å². The second-order valence-corrected chi connectivity index (χ2v) is 5.06. The van der Waals surface area contributed by atoms with Gasteiger partial charge in [0, 0.05) is 25.2 Å². The predicted octanol–water partition coefficient (Wildman–Crippen LogP) is 2.15. The van der Waals surface area contributed by atoms with E-state index in [0.29, 0.717) is 0 Å². The molecule has 2 rings (SSSR count). The van der Waals surface area contributed by atoms with Crippen LogP contribution in [0, 0.1) is 29.1 Å². The van der Waals surface area contributed by atoms with E-state index in [1.54, 1.807) is 0 Å². The number of carbonyl (C=O) groups is 1. The lowest BCUT2D eigenvalue weighted by atomic mass is 10.1. The Morgan fingerprint density at radius 2 is 1.70 bits per heavy atom. The molecule has 0 bridgehead atoms. The van der Waals surface area contributed by atoms with Crippen LogP contribution in [0.3, 0.4) is 0 Å². The minimum atomic E-state index is -2.19. The fourth-order valence-corrected chi connectivity index (χ4v) is 2.33. The average Bonchev–Trinajstić information content (AvgIpc) is 2.55. The largest absolute Gasteiger partial charge is 0.469 e. The normalized spacial score (nSPS) is 19.0. The molecule has 0 unspecified atom stereocenters. The third-order valence-electron chi connectivity index (χ3n) is 3.53. The molecule has 1 atom stereocenters. The van der Waals surface area contributed by atoms with Gasteiger partial charge in [0.1, 0.15) is 0 Å². The van der Waals surface area contributed by atoms with Crippen molar-refractivity contribution in [2.75, 3.05) is 26.8 Å². The molecular formula is C14H14F5NO3. The fraction of sp³-hybridized carbons (Fsp3) is 0.500. The van der Waals surface area contributed by atoms with Crippen LogP contribution in [0.5, 0.6) is 0 Å². The monoisotopic (exact) mass is 339 g/mol. The third kappa shape index (κ3) is 3.78. The third-order valence-corrected chi connectivity index (χ3v) is 3.53. The highest BCUT2D eigenvalue weighted by Crippen LogP contribution is 2.25. The first-order chi connectivity index (χ1) is 10.8. The molecule has 1 saturated heterocycles. The SMILES string of the molecule is COC(=O)C[C@H]1CN(Cc2c(F)c(F)c(F)c(F)c2F)CCO1. The van der Waals surface area contributed by atoms with Crippen LogP contribution in [0.4, 0.5) is 22.0 Å². The van der Waals surface area contributed by atoms with E-state index in [-0.39, 0.29) is 26.1 Å². The quantitative estimate of drug-likeness (QED) is 0.365. The standard InChI is InChI=1S/C14H14F5NO3/c1-22-9(21)4-7-5-20(2-3-23-7)6-8-10(15)12(17)14(19)13(18)11(8)16/h7H,2-6H2,1H3/t7-/m0/s1. The summed E-state index contributed by atoms with van der Waals surface area (Å²) in [4.78, 5) is 12.7. The van der Waals surface area contributed by atoms with Crippen LogP contribution in [0.25, 0.3) is 0 Å². The van der Waals surface area contributed by atoms with Crippen LogP contribution >= 0.6 is 0 Å². The molecule has 128 valence electrons. The van der Waals surface area contributed by atoms with Crippen molar-refractivity contribution in [2.24, 2.45) is 0 Å². The molecule has 1 aliphatic rings. The first kappa shape index (κ1) is 17.6. The van der Waals surface area contributed by atoms with Gasteiger partial charge in [-0.2, -0.15) is 0 Å². The molecule has 0 aliphatic carbocycles. The molecule has 0 amide bonds.